The first-order valence-corrected chi connectivity index (χ1v) is 21.6. The Hall–Kier alpha value is 0.430. The van der Waals surface area contributed by atoms with Gasteiger partial charge in [0.25, 0.3) is 0 Å². The molecule has 38 heavy (non-hydrogen) atoms. The van der Waals surface area contributed by atoms with Gasteiger partial charge in [0, 0.05) is 0 Å². The van der Waals surface area contributed by atoms with Crippen LogP contribution < -0.4 is 0 Å². The molecule has 0 radical (unpaired) electrons. The van der Waals surface area contributed by atoms with Crippen molar-refractivity contribution in [3.8, 4) is 0 Å². The van der Waals surface area contributed by atoms with Crippen LogP contribution in [0, 0.1) is 0 Å². The monoisotopic (exact) mass is 555 g/mol. The number of hydrogen-bond acceptors (Lipinski definition) is 0. The van der Waals surface area contributed by atoms with E-state index in [1.807, 2.05) is 0 Å². The van der Waals surface area contributed by atoms with E-state index in [4.69, 9.17) is 0 Å². The zero-order valence-corrected chi connectivity index (χ0v) is 28.8. The Morgan fingerprint density at radius 3 is 0.553 bits per heavy atom. The molecule has 0 aromatic heterocycles. The Morgan fingerprint density at radius 2 is 0.368 bits per heavy atom. The van der Waals surface area contributed by atoms with Crippen molar-refractivity contribution < 1.29 is 0 Å². The Balaban J connectivity index is 4.66. The molecule has 0 saturated heterocycles. The Bertz CT molecular complexity index is 376. The number of hydrogen-bond donors (Lipinski definition) is 0. The molecule has 0 aromatic carbocycles. The molecule has 0 bridgehead atoms. The first-order valence-electron chi connectivity index (χ1n) is 18.7. The normalized spacial score (nSPS) is 12.4. The van der Waals surface area contributed by atoms with Gasteiger partial charge in [0.05, 0.1) is 0 Å². The van der Waals surface area contributed by atoms with Gasteiger partial charge in [-0.1, -0.05) is 6.92 Å². The van der Waals surface area contributed by atoms with Gasteiger partial charge < -0.3 is 0 Å². The summed E-state index contributed by atoms with van der Waals surface area (Å²) >= 11 is 0. The summed E-state index contributed by atoms with van der Waals surface area (Å²) in [6.45, 7) is 9.39. The van der Waals surface area contributed by atoms with E-state index in [1.54, 1.807) is 50.3 Å². The molecule has 0 saturated carbocycles. The fourth-order valence-corrected chi connectivity index (χ4v) is 12.3. The van der Waals surface area contributed by atoms with Gasteiger partial charge in [-0.25, -0.2) is 0 Å². The minimum absolute atomic E-state index is 1.10. The standard InChI is InChI=1S/C37H79P/c1-5-9-13-17-21-22-23-24-25-29-33-37-38(34-30-26-18-14-10-6-2,35-31-27-19-15-11-7-3)36-32-28-20-16-12-8-4/h38H,5-37H2,1-4H3. The van der Waals surface area contributed by atoms with E-state index in [1.165, 1.54) is 161 Å². The summed E-state index contributed by atoms with van der Waals surface area (Å²) < 4.78 is 0. The molecule has 0 rings (SSSR count). The van der Waals surface area contributed by atoms with Gasteiger partial charge in [0.15, 0.2) is 0 Å². The zero-order chi connectivity index (χ0) is 27.8. The van der Waals surface area contributed by atoms with Crippen LogP contribution in [-0.4, -0.2) is 24.6 Å². The minimum atomic E-state index is -1.10. The van der Waals surface area contributed by atoms with Crippen LogP contribution in [0.3, 0.4) is 0 Å². The van der Waals surface area contributed by atoms with Crippen LogP contribution in [0.4, 0.5) is 0 Å². The summed E-state index contributed by atoms with van der Waals surface area (Å²) in [7, 11) is -1.10. The van der Waals surface area contributed by atoms with Crippen LogP contribution in [0.2, 0.25) is 0 Å². The van der Waals surface area contributed by atoms with Gasteiger partial charge in [0.2, 0.25) is 0 Å². The van der Waals surface area contributed by atoms with Gasteiger partial charge in [0.1, 0.15) is 0 Å². The van der Waals surface area contributed by atoms with Crippen molar-refractivity contribution in [1.82, 2.24) is 0 Å². The molecule has 0 N–H and O–H groups in total. The van der Waals surface area contributed by atoms with Crippen molar-refractivity contribution in [3.05, 3.63) is 0 Å². The Morgan fingerprint density at radius 1 is 0.211 bits per heavy atom. The van der Waals surface area contributed by atoms with Crippen molar-refractivity contribution in [2.75, 3.05) is 24.6 Å². The summed E-state index contributed by atoms with van der Waals surface area (Å²) in [4.78, 5) is 0. The molecule has 0 amide bonds. The van der Waals surface area contributed by atoms with Crippen molar-refractivity contribution in [2.45, 2.75) is 214 Å². The molecule has 0 heterocycles. The van der Waals surface area contributed by atoms with Crippen molar-refractivity contribution in [1.29, 1.82) is 0 Å². The average molecular weight is 555 g/mol. The first-order chi connectivity index (χ1) is 18.7. The second-order valence-electron chi connectivity index (χ2n) is 13.3. The molecule has 0 nitrogen and oxygen atoms in total. The maximum atomic E-state index is 2.35. The molecule has 0 aliphatic carbocycles. The predicted molar refractivity (Wildman–Crippen MR) is 184 cm³/mol. The molecule has 232 valence electrons. The third-order valence-corrected chi connectivity index (χ3v) is 15.1. The van der Waals surface area contributed by atoms with E-state index in [0.29, 0.717) is 0 Å². The fraction of sp³-hybridized carbons (Fsp3) is 1.00. The quantitative estimate of drug-likeness (QED) is 0.0559. The van der Waals surface area contributed by atoms with Crippen molar-refractivity contribution >= 4 is 7.26 Å². The van der Waals surface area contributed by atoms with E-state index >= 15 is 0 Å². The fourth-order valence-electron chi connectivity index (χ4n) is 6.76. The van der Waals surface area contributed by atoms with Crippen molar-refractivity contribution in [3.63, 3.8) is 0 Å². The maximum absolute atomic E-state index is 2.35. The van der Waals surface area contributed by atoms with Crippen LogP contribution in [0.15, 0.2) is 0 Å². The molecular formula is C37H79P. The molecule has 0 aliphatic heterocycles. The van der Waals surface area contributed by atoms with Gasteiger partial charge >= 0.3 is 239 Å². The van der Waals surface area contributed by atoms with Gasteiger partial charge in [-0.3, -0.25) is 0 Å². The topological polar surface area (TPSA) is 0 Å². The van der Waals surface area contributed by atoms with Gasteiger partial charge in [-0.2, -0.15) is 0 Å². The second-order valence-corrected chi connectivity index (χ2v) is 18.3. The molecule has 0 unspecified atom stereocenters. The summed E-state index contributed by atoms with van der Waals surface area (Å²) in [5, 5.41) is 0. The Kier molecular flexibility index (Phi) is 32.3. The summed E-state index contributed by atoms with van der Waals surface area (Å²) in [6, 6.07) is 0. The Labute approximate surface area is 245 Å². The average Bonchev–Trinajstić information content (AvgIpc) is 2.93. The molecule has 0 fully saturated rings. The molecule has 0 aliphatic rings. The summed E-state index contributed by atoms with van der Waals surface area (Å²) in [6.07, 6.45) is 49.9. The van der Waals surface area contributed by atoms with Crippen LogP contribution in [-0.2, 0) is 0 Å². The van der Waals surface area contributed by atoms with E-state index in [-0.39, 0.29) is 0 Å². The molecule has 0 atom stereocenters. The molecule has 0 spiro atoms. The first kappa shape index (κ1) is 38.4. The summed E-state index contributed by atoms with van der Waals surface area (Å²) in [5.74, 6) is 0. The third-order valence-electron chi connectivity index (χ3n) is 9.49. The SMILES string of the molecule is CCCCCCCCCCCCC[PH](CCCCCCCC)(CCCCCCCC)CCCCCCCC. The van der Waals surface area contributed by atoms with Gasteiger partial charge in [-0.05, 0) is 0 Å². The van der Waals surface area contributed by atoms with E-state index in [9.17, 15) is 0 Å². The zero-order valence-electron chi connectivity index (χ0n) is 27.8. The van der Waals surface area contributed by atoms with Gasteiger partial charge in [-0.15, -0.1) is 0 Å². The van der Waals surface area contributed by atoms with Crippen LogP contribution in [0.5, 0.6) is 0 Å². The second kappa shape index (κ2) is 32.0. The summed E-state index contributed by atoms with van der Waals surface area (Å²) in [5.41, 5.74) is 0. The molecule has 1 heteroatoms. The van der Waals surface area contributed by atoms with E-state index in [2.05, 4.69) is 27.7 Å². The van der Waals surface area contributed by atoms with Crippen LogP contribution in [0.25, 0.3) is 0 Å². The van der Waals surface area contributed by atoms with Crippen molar-refractivity contribution in [2.24, 2.45) is 0 Å². The van der Waals surface area contributed by atoms with Crippen LogP contribution >= 0.6 is 7.26 Å². The molecule has 0 aromatic rings. The van der Waals surface area contributed by atoms with Crippen LogP contribution in [0.1, 0.15) is 214 Å². The third kappa shape index (κ3) is 26.6. The molecular weight excluding hydrogens is 475 g/mol. The number of unbranched alkanes of at least 4 members (excludes halogenated alkanes) is 25. The predicted octanol–water partition coefficient (Wildman–Crippen LogP) is 14.1. The number of rotatable bonds is 33. The van der Waals surface area contributed by atoms with E-state index < -0.39 is 7.26 Å². The van der Waals surface area contributed by atoms with E-state index in [0.717, 1.165) is 0 Å².